The Bertz CT molecular complexity index is 1060. The number of benzene rings is 2. The maximum Gasteiger partial charge on any atom is 0.199 e. The highest BCUT2D eigenvalue weighted by atomic mass is 16.5. The summed E-state index contributed by atoms with van der Waals surface area (Å²) in [6.07, 6.45) is 8.85. The quantitative estimate of drug-likeness (QED) is 0.483. The molecule has 0 bridgehead atoms. The minimum absolute atomic E-state index is 0.0437. The predicted octanol–water partition coefficient (Wildman–Crippen LogP) is 6.93. The van der Waals surface area contributed by atoms with Crippen molar-refractivity contribution in [2.45, 2.75) is 52.4 Å². The highest BCUT2D eigenvalue weighted by Gasteiger charge is 2.28. The number of allylic oxidation sites excluding steroid dienone is 5. The molecule has 1 aliphatic carbocycles. The first kappa shape index (κ1) is 23.8. The van der Waals surface area contributed by atoms with E-state index >= 15 is 0 Å². The third kappa shape index (κ3) is 4.96. The monoisotopic (exact) mass is 428 g/mol. The van der Waals surface area contributed by atoms with Crippen LogP contribution in [-0.2, 0) is 10.8 Å². The second kappa shape index (κ2) is 8.94. The maximum absolute atomic E-state index is 6.00. The van der Waals surface area contributed by atoms with Crippen LogP contribution in [0, 0.1) is 0 Å². The first-order valence-electron chi connectivity index (χ1n) is 11.4. The molecule has 0 aliphatic heterocycles. The fourth-order valence-corrected chi connectivity index (χ4v) is 4.14. The lowest BCUT2D eigenvalue weighted by molar-refractivity contribution is -0.462. The molecule has 2 nitrogen and oxygen atoms in total. The van der Waals surface area contributed by atoms with Gasteiger partial charge in [0.2, 0.25) is 0 Å². The van der Waals surface area contributed by atoms with Gasteiger partial charge in [-0.05, 0) is 57.4 Å². The summed E-state index contributed by atoms with van der Waals surface area (Å²) >= 11 is 0. The molecule has 0 fully saturated rings. The standard InChI is InChI=1S/C30H38NO/c1-29(2,3)25-19-23(20-26(28(25)32-9)30(4,5)6)27(21-13-11-10-12-14-21)22-15-17-24(18-16-22)31(7)8/h10-20H,1-9H3/q+1. The van der Waals surface area contributed by atoms with Crippen molar-refractivity contribution < 1.29 is 9.31 Å². The van der Waals surface area contributed by atoms with E-state index in [1.807, 2.05) is 0 Å². The maximum atomic E-state index is 6.00. The second-order valence-electron chi connectivity index (χ2n) is 10.8. The molecule has 2 aromatic carbocycles. The van der Waals surface area contributed by atoms with Crippen LogP contribution in [0.4, 0.5) is 0 Å². The molecule has 0 saturated heterocycles. The van der Waals surface area contributed by atoms with Gasteiger partial charge in [-0.2, -0.15) is 0 Å². The molecular weight excluding hydrogens is 390 g/mol. The van der Waals surface area contributed by atoms with Crippen molar-refractivity contribution in [2.24, 2.45) is 0 Å². The fourth-order valence-electron chi connectivity index (χ4n) is 4.14. The zero-order chi connectivity index (χ0) is 23.7. The third-order valence-electron chi connectivity index (χ3n) is 5.93. The van der Waals surface area contributed by atoms with Crippen molar-refractivity contribution >= 4 is 11.3 Å². The number of hydrogen-bond donors (Lipinski definition) is 0. The zero-order valence-corrected chi connectivity index (χ0v) is 21.2. The van der Waals surface area contributed by atoms with Gasteiger partial charge in [0.15, 0.2) is 5.71 Å². The van der Waals surface area contributed by atoms with Crippen LogP contribution in [-0.4, -0.2) is 31.5 Å². The summed E-state index contributed by atoms with van der Waals surface area (Å²) in [4.78, 5) is 0. The van der Waals surface area contributed by atoms with Gasteiger partial charge in [-0.1, -0.05) is 71.9 Å². The summed E-state index contributed by atoms with van der Waals surface area (Å²) in [5.74, 6) is 1.00. The molecule has 0 saturated carbocycles. The van der Waals surface area contributed by atoms with Gasteiger partial charge in [0.25, 0.3) is 0 Å². The Kier molecular flexibility index (Phi) is 6.64. The van der Waals surface area contributed by atoms with Crippen molar-refractivity contribution in [3.8, 4) is 5.75 Å². The zero-order valence-electron chi connectivity index (χ0n) is 21.2. The lowest BCUT2D eigenvalue weighted by Crippen LogP contribution is -2.20. The van der Waals surface area contributed by atoms with Crippen molar-refractivity contribution in [3.63, 3.8) is 0 Å². The van der Waals surface area contributed by atoms with E-state index in [1.165, 1.54) is 39.1 Å². The Morgan fingerprint density at radius 1 is 0.719 bits per heavy atom. The number of ether oxygens (including phenoxy) is 1. The molecule has 3 rings (SSSR count). The van der Waals surface area contributed by atoms with Gasteiger partial charge in [0, 0.05) is 23.3 Å². The fraction of sp³-hybridized carbons (Fsp3) is 0.367. The smallest absolute Gasteiger partial charge is 0.199 e. The summed E-state index contributed by atoms with van der Waals surface area (Å²) in [6, 6.07) is 15.4. The van der Waals surface area contributed by atoms with Crippen LogP contribution < -0.4 is 4.74 Å². The summed E-state index contributed by atoms with van der Waals surface area (Å²) in [6.45, 7) is 13.6. The van der Waals surface area contributed by atoms with E-state index in [9.17, 15) is 0 Å². The van der Waals surface area contributed by atoms with Crippen LogP contribution in [0.5, 0.6) is 5.75 Å². The molecule has 0 aromatic heterocycles. The van der Waals surface area contributed by atoms with Gasteiger partial charge in [0.05, 0.1) is 7.11 Å². The molecule has 32 heavy (non-hydrogen) atoms. The average Bonchev–Trinajstić information content (AvgIpc) is 2.73. The summed E-state index contributed by atoms with van der Waals surface area (Å²) in [5, 5.41) is 0. The molecule has 0 N–H and O–H groups in total. The number of methoxy groups -OCH3 is 1. The summed E-state index contributed by atoms with van der Waals surface area (Å²) in [5.41, 5.74) is 8.49. The normalized spacial score (nSPS) is 14.0. The van der Waals surface area contributed by atoms with Crippen LogP contribution in [0.1, 0.15) is 63.8 Å². The molecule has 2 heteroatoms. The van der Waals surface area contributed by atoms with Gasteiger partial charge in [0.1, 0.15) is 19.8 Å². The Labute approximate surface area is 194 Å². The second-order valence-corrected chi connectivity index (χ2v) is 10.8. The summed E-state index contributed by atoms with van der Waals surface area (Å²) in [7, 11) is 5.94. The van der Waals surface area contributed by atoms with Crippen LogP contribution in [0.25, 0.3) is 5.57 Å². The molecule has 0 spiro atoms. The Hall–Kier alpha value is -2.87. The van der Waals surface area contributed by atoms with Gasteiger partial charge in [-0.3, -0.25) is 0 Å². The third-order valence-corrected chi connectivity index (χ3v) is 5.93. The van der Waals surface area contributed by atoms with E-state index in [2.05, 4.69) is 127 Å². The van der Waals surface area contributed by atoms with Gasteiger partial charge >= 0.3 is 0 Å². The highest BCUT2D eigenvalue weighted by molar-refractivity contribution is 6.04. The Morgan fingerprint density at radius 2 is 1.22 bits per heavy atom. The molecule has 1 aliphatic rings. The first-order valence-corrected chi connectivity index (χ1v) is 11.4. The minimum atomic E-state index is -0.0437. The van der Waals surface area contributed by atoms with E-state index in [4.69, 9.17) is 4.74 Å². The van der Waals surface area contributed by atoms with Crippen molar-refractivity contribution in [1.82, 2.24) is 0 Å². The summed E-state index contributed by atoms with van der Waals surface area (Å²) < 4.78 is 8.14. The van der Waals surface area contributed by atoms with Gasteiger partial charge in [-0.25, -0.2) is 4.58 Å². The van der Waals surface area contributed by atoms with Crippen molar-refractivity contribution in [1.29, 1.82) is 0 Å². The lowest BCUT2D eigenvalue weighted by atomic mass is 9.76. The Morgan fingerprint density at radius 3 is 1.62 bits per heavy atom. The molecule has 0 amide bonds. The van der Waals surface area contributed by atoms with Crippen LogP contribution in [0.3, 0.4) is 0 Å². The van der Waals surface area contributed by atoms with Crippen molar-refractivity contribution in [2.75, 3.05) is 21.2 Å². The average molecular weight is 429 g/mol. The largest absolute Gasteiger partial charge is 0.496 e. The van der Waals surface area contributed by atoms with E-state index in [0.717, 1.165) is 5.75 Å². The molecule has 2 aromatic rings. The highest BCUT2D eigenvalue weighted by Crippen LogP contribution is 2.43. The van der Waals surface area contributed by atoms with E-state index in [-0.39, 0.29) is 10.8 Å². The lowest BCUT2D eigenvalue weighted by Gasteiger charge is -2.30. The van der Waals surface area contributed by atoms with Crippen molar-refractivity contribution in [3.05, 3.63) is 94.6 Å². The minimum Gasteiger partial charge on any atom is -0.496 e. The SMILES string of the molecule is COc1c(C(C)(C)C)cc(C(=C2C=CC(=[N+](C)C)C=C2)c2ccccc2)cc1C(C)(C)C. The topological polar surface area (TPSA) is 12.2 Å². The first-order chi connectivity index (χ1) is 14.9. The van der Waals surface area contributed by atoms with E-state index in [1.54, 1.807) is 7.11 Å². The van der Waals surface area contributed by atoms with E-state index in [0.29, 0.717) is 0 Å². The molecule has 0 heterocycles. The Balaban J connectivity index is 2.39. The molecular formula is C30H38NO+. The van der Waals surface area contributed by atoms with Crippen LogP contribution >= 0.6 is 0 Å². The molecule has 0 atom stereocenters. The number of nitrogens with zero attached hydrogens (tertiary/aromatic N) is 1. The van der Waals surface area contributed by atoms with Gasteiger partial charge in [-0.15, -0.1) is 0 Å². The molecule has 168 valence electrons. The van der Waals surface area contributed by atoms with Crippen LogP contribution in [0.15, 0.2) is 72.3 Å². The molecule has 0 unspecified atom stereocenters. The van der Waals surface area contributed by atoms with Crippen LogP contribution in [0.2, 0.25) is 0 Å². The predicted molar refractivity (Wildman–Crippen MR) is 138 cm³/mol. The van der Waals surface area contributed by atoms with E-state index < -0.39 is 0 Å². The number of hydrogen-bond acceptors (Lipinski definition) is 1. The van der Waals surface area contributed by atoms with Gasteiger partial charge < -0.3 is 4.74 Å². The number of rotatable bonds is 3. The molecule has 0 radical (unpaired) electrons.